The van der Waals surface area contributed by atoms with Crippen LogP contribution in [0.15, 0.2) is 212 Å². The molecule has 0 spiro atoms. The zero-order valence-corrected chi connectivity index (χ0v) is 38.1. The number of benzene rings is 12. The van der Waals surface area contributed by atoms with Gasteiger partial charge in [-0.3, -0.25) is 0 Å². The molecule has 2 aliphatic rings. The Bertz CT molecular complexity index is 3870. The van der Waals surface area contributed by atoms with Crippen molar-refractivity contribution in [2.75, 3.05) is 4.90 Å². The van der Waals surface area contributed by atoms with Crippen LogP contribution in [0.25, 0.3) is 109 Å². The standard InChI is InChI=1S/C66H49N/c1-65(2)37-36-61-60-38-44(30-35-62(60)67(66(61,65)3)45-22-5-4-6-23-45)56-39-57(49-27-13-19-41-16-7-10-24-46(41)49)53-33-34-55-59(51-29-15-21-43-18-9-12-26-48(43)51)40-58(54-32-31-52(56)63(53)64(54)55)50-28-14-20-42-17-8-11-25-47(42)50/h4-35,38-40,61H,36-37H2,1-3H3. The van der Waals surface area contributed by atoms with E-state index in [2.05, 4.69) is 238 Å². The third-order valence-electron chi connectivity index (χ3n) is 16.7. The summed E-state index contributed by atoms with van der Waals surface area (Å²) in [6, 6.07) is 80.5. The van der Waals surface area contributed by atoms with Crippen molar-refractivity contribution in [1.82, 2.24) is 0 Å². The number of hydrogen-bond donors (Lipinski definition) is 0. The predicted molar refractivity (Wildman–Crippen MR) is 287 cm³/mol. The topological polar surface area (TPSA) is 3.24 Å². The summed E-state index contributed by atoms with van der Waals surface area (Å²) in [7, 11) is 0. The third kappa shape index (κ3) is 5.37. The maximum Gasteiger partial charge on any atom is 0.0543 e. The van der Waals surface area contributed by atoms with Crippen molar-refractivity contribution in [3.05, 3.63) is 218 Å². The van der Waals surface area contributed by atoms with Crippen molar-refractivity contribution in [2.24, 2.45) is 5.41 Å². The average molecular weight is 856 g/mol. The SMILES string of the molecule is CC1(C)CCC2c3cc(-c4cc(-c5cccc6ccccc56)c5ccc6c(-c7cccc8ccccc78)cc(-c7cccc8ccccc78)c7ccc4c5c76)ccc3N(c3ccccc3)C21C. The van der Waals surface area contributed by atoms with Crippen molar-refractivity contribution in [2.45, 2.75) is 45.1 Å². The molecule has 0 radical (unpaired) electrons. The molecule has 1 saturated carbocycles. The summed E-state index contributed by atoms with van der Waals surface area (Å²) < 4.78 is 0. The zero-order chi connectivity index (χ0) is 44.6. The Labute approximate surface area is 391 Å². The average Bonchev–Trinajstić information content (AvgIpc) is 3.78. The number of para-hydroxylation sites is 1. The van der Waals surface area contributed by atoms with Crippen LogP contribution in [0.4, 0.5) is 11.4 Å². The minimum atomic E-state index is -0.0535. The van der Waals surface area contributed by atoms with Crippen molar-refractivity contribution < 1.29 is 0 Å². The summed E-state index contributed by atoms with van der Waals surface area (Å²) >= 11 is 0. The van der Waals surface area contributed by atoms with Gasteiger partial charge in [-0.15, -0.1) is 0 Å². The van der Waals surface area contributed by atoms with Gasteiger partial charge in [0.25, 0.3) is 0 Å². The van der Waals surface area contributed by atoms with Crippen LogP contribution in [-0.4, -0.2) is 5.54 Å². The van der Waals surface area contributed by atoms with Gasteiger partial charge in [0.15, 0.2) is 0 Å². The molecule has 0 amide bonds. The molecule has 1 fully saturated rings. The molecule has 0 N–H and O–H groups in total. The van der Waals surface area contributed by atoms with Crippen molar-refractivity contribution >= 4 is 76.0 Å². The normalized spacial score (nSPS) is 17.7. The van der Waals surface area contributed by atoms with Crippen molar-refractivity contribution in [1.29, 1.82) is 0 Å². The first-order valence-corrected chi connectivity index (χ1v) is 24.1. The fraction of sp³-hybridized carbons (Fsp3) is 0.121. The Hall–Kier alpha value is -7.74. The van der Waals surface area contributed by atoms with E-state index in [1.54, 1.807) is 0 Å². The van der Waals surface area contributed by atoms with E-state index in [-0.39, 0.29) is 11.0 Å². The molecule has 0 bridgehead atoms. The molecule has 12 aromatic rings. The molecule has 14 rings (SSSR count). The molecule has 1 nitrogen and oxygen atoms in total. The van der Waals surface area contributed by atoms with Crippen molar-refractivity contribution in [3.63, 3.8) is 0 Å². The minimum Gasteiger partial charge on any atom is -0.334 e. The second-order valence-electron chi connectivity index (χ2n) is 20.2. The van der Waals surface area contributed by atoms with Gasteiger partial charge in [0, 0.05) is 17.3 Å². The summed E-state index contributed by atoms with van der Waals surface area (Å²) in [6.45, 7) is 7.52. The van der Waals surface area contributed by atoms with E-state index in [9.17, 15) is 0 Å². The van der Waals surface area contributed by atoms with Gasteiger partial charge in [-0.25, -0.2) is 0 Å². The highest BCUT2D eigenvalue weighted by Gasteiger charge is 2.60. The molecule has 1 aliphatic heterocycles. The number of rotatable bonds is 5. The van der Waals surface area contributed by atoms with E-state index in [1.807, 2.05) is 0 Å². The lowest BCUT2D eigenvalue weighted by Gasteiger charge is -2.47. The monoisotopic (exact) mass is 855 g/mol. The van der Waals surface area contributed by atoms with Crippen LogP contribution in [0.5, 0.6) is 0 Å². The fourth-order valence-corrected chi connectivity index (χ4v) is 13.1. The van der Waals surface area contributed by atoms with Gasteiger partial charge in [-0.05, 0) is 176 Å². The van der Waals surface area contributed by atoms with Gasteiger partial charge in [-0.2, -0.15) is 0 Å². The van der Waals surface area contributed by atoms with Gasteiger partial charge in [0.1, 0.15) is 0 Å². The van der Waals surface area contributed by atoms with E-state index >= 15 is 0 Å². The molecule has 318 valence electrons. The van der Waals surface area contributed by atoms with Crippen LogP contribution in [-0.2, 0) is 0 Å². The maximum atomic E-state index is 2.69. The van der Waals surface area contributed by atoms with Crippen LogP contribution in [0.3, 0.4) is 0 Å². The van der Waals surface area contributed by atoms with Gasteiger partial charge in [-0.1, -0.05) is 190 Å². The molecule has 0 saturated heterocycles. The Morgan fingerprint density at radius 3 is 1.31 bits per heavy atom. The van der Waals surface area contributed by atoms with Crippen molar-refractivity contribution in [3.8, 4) is 44.5 Å². The largest absolute Gasteiger partial charge is 0.334 e. The predicted octanol–water partition coefficient (Wildman–Crippen LogP) is 18.5. The second-order valence-corrected chi connectivity index (χ2v) is 20.2. The van der Waals surface area contributed by atoms with Crippen LogP contribution in [0.2, 0.25) is 0 Å². The second kappa shape index (κ2) is 14.1. The molecular formula is C66H49N. The molecular weight excluding hydrogens is 807 g/mol. The zero-order valence-electron chi connectivity index (χ0n) is 38.1. The number of hydrogen-bond acceptors (Lipinski definition) is 1. The highest BCUT2D eigenvalue weighted by molar-refractivity contribution is 6.33. The highest BCUT2D eigenvalue weighted by atomic mass is 15.3. The summed E-state index contributed by atoms with van der Waals surface area (Å²) in [5.41, 5.74) is 14.3. The van der Waals surface area contributed by atoms with Gasteiger partial charge in [0.05, 0.1) is 5.54 Å². The Balaban J connectivity index is 1.12. The molecule has 67 heavy (non-hydrogen) atoms. The first-order valence-electron chi connectivity index (χ1n) is 24.1. The number of anilines is 2. The Morgan fingerprint density at radius 2 is 0.806 bits per heavy atom. The third-order valence-corrected chi connectivity index (χ3v) is 16.7. The number of nitrogens with zero attached hydrogens (tertiary/aromatic N) is 1. The molecule has 2 atom stereocenters. The quantitative estimate of drug-likeness (QED) is 0.156. The van der Waals surface area contributed by atoms with Gasteiger partial charge in [0.2, 0.25) is 0 Å². The summed E-state index contributed by atoms with van der Waals surface area (Å²) in [5, 5.41) is 15.4. The smallest absolute Gasteiger partial charge is 0.0543 e. The first-order chi connectivity index (χ1) is 32.9. The van der Waals surface area contributed by atoms with E-state index < -0.39 is 0 Å². The Morgan fingerprint density at radius 1 is 0.373 bits per heavy atom. The fourth-order valence-electron chi connectivity index (χ4n) is 13.1. The maximum absolute atomic E-state index is 2.69. The van der Waals surface area contributed by atoms with Crippen LogP contribution < -0.4 is 4.90 Å². The van der Waals surface area contributed by atoms with Crippen LogP contribution in [0.1, 0.15) is 45.1 Å². The lowest BCUT2D eigenvalue weighted by Crippen LogP contribution is -2.50. The summed E-state index contributed by atoms with van der Waals surface area (Å²) in [4.78, 5) is 2.69. The Kier molecular flexibility index (Phi) is 8.13. The number of fused-ring (bicyclic) bond motifs is 6. The summed E-state index contributed by atoms with van der Waals surface area (Å²) in [6.07, 6.45) is 2.38. The molecule has 12 aromatic carbocycles. The van der Waals surface area contributed by atoms with Crippen LogP contribution in [0, 0.1) is 5.41 Å². The van der Waals surface area contributed by atoms with E-state index in [4.69, 9.17) is 0 Å². The summed E-state index contributed by atoms with van der Waals surface area (Å²) in [5.74, 6) is 0.418. The van der Waals surface area contributed by atoms with E-state index in [1.165, 1.54) is 139 Å². The van der Waals surface area contributed by atoms with Crippen LogP contribution >= 0.6 is 0 Å². The highest BCUT2D eigenvalue weighted by Crippen LogP contribution is 2.66. The minimum absolute atomic E-state index is 0.0535. The molecule has 2 unspecified atom stereocenters. The van der Waals surface area contributed by atoms with E-state index in [0.29, 0.717) is 5.92 Å². The van der Waals surface area contributed by atoms with E-state index in [0.717, 1.165) is 0 Å². The molecule has 1 heteroatoms. The first kappa shape index (κ1) is 38.5. The lowest BCUT2D eigenvalue weighted by atomic mass is 9.72. The molecule has 1 aliphatic carbocycles. The molecule has 0 aromatic heterocycles. The molecule has 1 heterocycles. The van der Waals surface area contributed by atoms with Gasteiger partial charge < -0.3 is 4.90 Å². The lowest BCUT2D eigenvalue weighted by molar-refractivity contribution is 0.222. The van der Waals surface area contributed by atoms with Gasteiger partial charge >= 0.3 is 0 Å².